The second-order valence-electron chi connectivity index (χ2n) is 4.86. The van der Waals surface area contributed by atoms with Crippen molar-refractivity contribution in [2.75, 3.05) is 0 Å². The van der Waals surface area contributed by atoms with Gasteiger partial charge in [-0.05, 0) is 54.8 Å². The maximum Gasteiger partial charge on any atom is 0.0208 e. The van der Waals surface area contributed by atoms with E-state index < -0.39 is 0 Å². The maximum atomic E-state index is 3.54. The second-order valence-corrected chi connectivity index (χ2v) is 6.92. The van der Waals surface area contributed by atoms with Crippen LogP contribution in [0.2, 0.25) is 0 Å². The van der Waals surface area contributed by atoms with Gasteiger partial charge in [0.25, 0.3) is 0 Å². The van der Waals surface area contributed by atoms with Crippen molar-refractivity contribution in [3.63, 3.8) is 0 Å². The van der Waals surface area contributed by atoms with Crippen LogP contribution in [0.3, 0.4) is 0 Å². The van der Waals surface area contributed by atoms with E-state index in [0.29, 0.717) is 0 Å². The molecule has 0 aromatic heterocycles. The summed E-state index contributed by atoms with van der Waals surface area (Å²) in [5.41, 5.74) is 1.37. The number of benzene rings is 2. The Labute approximate surface area is 126 Å². The molecule has 1 N–H and O–H groups in total. The van der Waals surface area contributed by atoms with E-state index in [0.717, 1.165) is 17.1 Å². The molecule has 0 atom stereocenters. The fourth-order valence-corrected chi connectivity index (χ4v) is 2.94. The van der Waals surface area contributed by atoms with Gasteiger partial charge >= 0.3 is 0 Å². The van der Waals surface area contributed by atoms with Crippen molar-refractivity contribution >= 4 is 27.7 Å². The van der Waals surface area contributed by atoms with Crippen molar-refractivity contribution in [2.24, 2.45) is 0 Å². The highest BCUT2D eigenvalue weighted by Crippen LogP contribution is 2.28. The van der Waals surface area contributed by atoms with Crippen LogP contribution >= 0.6 is 27.7 Å². The quantitative estimate of drug-likeness (QED) is 0.839. The molecule has 0 aliphatic heterocycles. The Hall–Kier alpha value is -0.770. The highest BCUT2D eigenvalue weighted by Gasteiger charge is 2.19. The molecule has 2 aromatic carbocycles. The topological polar surface area (TPSA) is 12.0 Å². The molecule has 0 heterocycles. The SMILES string of the molecule is Brc1ccc(Sc2ccc(CNC3CC3)cc2)cc1. The molecular weight excluding hydrogens is 318 g/mol. The number of halogens is 1. The Morgan fingerprint density at radius 3 is 2.11 bits per heavy atom. The molecule has 19 heavy (non-hydrogen) atoms. The van der Waals surface area contributed by atoms with Gasteiger partial charge in [-0.15, -0.1) is 0 Å². The molecule has 2 aromatic rings. The first-order valence-corrected chi connectivity index (χ1v) is 8.16. The van der Waals surface area contributed by atoms with E-state index >= 15 is 0 Å². The summed E-state index contributed by atoms with van der Waals surface area (Å²) in [6.45, 7) is 0.994. The van der Waals surface area contributed by atoms with Gasteiger partial charge in [0.15, 0.2) is 0 Å². The van der Waals surface area contributed by atoms with E-state index in [1.54, 1.807) is 11.8 Å². The average molecular weight is 334 g/mol. The van der Waals surface area contributed by atoms with E-state index in [9.17, 15) is 0 Å². The number of rotatable bonds is 5. The van der Waals surface area contributed by atoms with Crippen molar-refractivity contribution < 1.29 is 0 Å². The molecule has 1 aliphatic rings. The zero-order chi connectivity index (χ0) is 13.1. The first-order valence-electron chi connectivity index (χ1n) is 6.55. The number of hydrogen-bond donors (Lipinski definition) is 1. The zero-order valence-corrected chi connectivity index (χ0v) is 13.0. The lowest BCUT2D eigenvalue weighted by Gasteiger charge is -2.05. The Balaban J connectivity index is 1.59. The van der Waals surface area contributed by atoms with Gasteiger partial charge in [-0.1, -0.05) is 39.8 Å². The fraction of sp³-hybridized carbons (Fsp3) is 0.250. The van der Waals surface area contributed by atoms with Crippen LogP contribution in [0.5, 0.6) is 0 Å². The van der Waals surface area contributed by atoms with E-state index in [1.165, 1.54) is 28.2 Å². The summed E-state index contributed by atoms with van der Waals surface area (Å²) in [6, 6.07) is 18.1. The van der Waals surface area contributed by atoms with Gasteiger partial charge in [0.1, 0.15) is 0 Å². The molecule has 1 nitrogen and oxygen atoms in total. The molecule has 3 rings (SSSR count). The lowest BCUT2D eigenvalue weighted by Crippen LogP contribution is -2.14. The number of hydrogen-bond acceptors (Lipinski definition) is 2. The molecule has 1 aliphatic carbocycles. The van der Waals surface area contributed by atoms with Gasteiger partial charge in [0, 0.05) is 26.9 Å². The molecule has 0 amide bonds. The zero-order valence-electron chi connectivity index (χ0n) is 10.6. The van der Waals surface area contributed by atoms with Crippen LogP contribution < -0.4 is 5.32 Å². The third kappa shape index (κ3) is 4.10. The third-order valence-corrected chi connectivity index (χ3v) is 4.69. The minimum atomic E-state index is 0.775. The third-order valence-electron chi connectivity index (χ3n) is 3.14. The van der Waals surface area contributed by atoms with Gasteiger partial charge in [0.2, 0.25) is 0 Å². The van der Waals surface area contributed by atoms with Gasteiger partial charge in [-0.2, -0.15) is 0 Å². The molecule has 0 spiro atoms. The standard InChI is InChI=1S/C16H16BrNS/c17-13-3-9-16(10-4-13)19-15-7-1-12(2-8-15)11-18-14-5-6-14/h1-4,7-10,14,18H,5-6,11H2. The molecule has 98 valence electrons. The smallest absolute Gasteiger partial charge is 0.0208 e. The van der Waals surface area contributed by atoms with Crippen molar-refractivity contribution in [3.8, 4) is 0 Å². The average Bonchev–Trinajstić information content (AvgIpc) is 3.25. The van der Waals surface area contributed by atoms with Crippen molar-refractivity contribution in [2.45, 2.75) is 35.2 Å². The summed E-state index contributed by atoms with van der Waals surface area (Å²) in [5, 5.41) is 3.54. The van der Waals surface area contributed by atoms with Crippen LogP contribution in [0.4, 0.5) is 0 Å². The van der Waals surface area contributed by atoms with E-state index in [4.69, 9.17) is 0 Å². The Morgan fingerprint density at radius 1 is 0.947 bits per heavy atom. The highest BCUT2D eigenvalue weighted by atomic mass is 79.9. The molecule has 1 fully saturated rings. The Kier molecular flexibility index (Phi) is 4.26. The normalized spacial score (nSPS) is 14.6. The van der Waals surface area contributed by atoms with Crippen LogP contribution in [0.15, 0.2) is 62.8 Å². The monoisotopic (exact) mass is 333 g/mol. The van der Waals surface area contributed by atoms with E-state index in [1.807, 2.05) is 0 Å². The summed E-state index contributed by atoms with van der Waals surface area (Å²) in [5.74, 6) is 0. The summed E-state index contributed by atoms with van der Waals surface area (Å²) in [4.78, 5) is 2.56. The maximum absolute atomic E-state index is 3.54. The molecule has 0 saturated heterocycles. The van der Waals surface area contributed by atoms with Crippen LogP contribution in [0.1, 0.15) is 18.4 Å². The molecule has 0 radical (unpaired) electrons. The largest absolute Gasteiger partial charge is 0.310 e. The van der Waals surface area contributed by atoms with Crippen LogP contribution in [0.25, 0.3) is 0 Å². The fourth-order valence-electron chi connectivity index (χ4n) is 1.86. The Bertz CT molecular complexity index is 532. The van der Waals surface area contributed by atoms with Crippen LogP contribution in [-0.4, -0.2) is 6.04 Å². The molecule has 1 saturated carbocycles. The van der Waals surface area contributed by atoms with Crippen molar-refractivity contribution in [3.05, 3.63) is 58.6 Å². The summed E-state index contributed by atoms with van der Waals surface area (Å²) in [6.07, 6.45) is 2.69. The predicted octanol–water partition coefficient (Wildman–Crippen LogP) is 4.85. The first kappa shape index (κ1) is 13.2. The minimum Gasteiger partial charge on any atom is -0.310 e. The van der Waals surface area contributed by atoms with Gasteiger partial charge in [0.05, 0.1) is 0 Å². The summed E-state index contributed by atoms with van der Waals surface area (Å²) in [7, 11) is 0. The minimum absolute atomic E-state index is 0.775. The predicted molar refractivity (Wildman–Crippen MR) is 84.6 cm³/mol. The molecule has 3 heteroatoms. The highest BCUT2D eigenvalue weighted by molar-refractivity contribution is 9.10. The van der Waals surface area contributed by atoms with Gasteiger partial charge in [-0.3, -0.25) is 0 Å². The van der Waals surface area contributed by atoms with E-state index in [2.05, 4.69) is 69.8 Å². The summed E-state index contributed by atoms with van der Waals surface area (Å²) >= 11 is 5.26. The lowest BCUT2D eigenvalue weighted by atomic mass is 10.2. The number of nitrogens with one attached hydrogen (secondary N) is 1. The first-order chi connectivity index (χ1) is 9.29. The van der Waals surface area contributed by atoms with Crippen molar-refractivity contribution in [1.82, 2.24) is 5.32 Å². The van der Waals surface area contributed by atoms with Crippen LogP contribution in [0, 0.1) is 0 Å². The lowest BCUT2D eigenvalue weighted by molar-refractivity contribution is 0.687. The summed E-state index contributed by atoms with van der Waals surface area (Å²) < 4.78 is 1.12. The molecular formula is C16H16BrNS. The van der Waals surface area contributed by atoms with E-state index in [-0.39, 0.29) is 0 Å². The Morgan fingerprint density at radius 2 is 1.53 bits per heavy atom. The molecule has 0 bridgehead atoms. The molecule has 0 unspecified atom stereocenters. The van der Waals surface area contributed by atoms with Crippen molar-refractivity contribution in [1.29, 1.82) is 0 Å². The van der Waals surface area contributed by atoms with Gasteiger partial charge in [-0.25, -0.2) is 0 Å². The van der Waals surface area contributed by atoms with Gasteiger partial charge < -0.3 is 5.32 Å². The van der Waals surface area contributed by atoms with Crippen LogP contribution in [-0.2, 0) is 6.54 Å². The second kappa shape index (κ2) is 6.12.